The molecule has 0 radical (unpaired) electrons. The molecule has 1 aliphatic carbocycles. The number of rotatable bonds is 3. The van der Waals surface area contributed by atoms with E-state index in [0.717, 1.165) is 25.9 Å². The van der Waals surface area contributed by atoms with Crippen LogP contribution in [0.15, 0.2) is 24.3 Å². The zero-order valence-corrected chi connectivity index (χ0v) is 15.7. The number of hydrogen-bond donors (Lipinski definition) is 1. The minimum atomic E-state index is -0.347. The van der Waals surface area contributed by atoms with E-state index in [9.17, 15) is 9.59 Å². The van der Waals surface area contributed by atoms with E-state index in [-0.39, 0.29) is 23.5 Å². The van der Waals surface area contributed by atoms with Gasteiger partial charge in [-0.15, -0.1) is 0 Å². The lowest BCUT2D eigenvalue weighted by atomic mass is 9.68. The average Bonchev–Trinajstić information content (AvgIpc) is 3.02. The van der Waals surface area contributed by atoms with Gasteiger partial charge in [-0.3, -0.25) is 4.79 Å². The molecular formula is C21H28N2O3. The van der Waals surface area contributed by atoms with Gasteiger partial charge in [-0.1, -0.05) is 38.1 Å². The predicted octanol–water partition coefficient (Wildman–Crippen LogP) is 3.40. The highest BCUT2D eigenvalue weighted by molar-refractivity contribution is 5.81. The van der Waals surface area contributed by atoms with Gasteiger partial charge in [-0.2, -0.15) is 0 Å². The van der Waals surface area contributed by atoms with E-state index < -0.39 is 0 Å². The molecule has 1 saturated carbocycles. The van der Waals surface area contributed by atoms with Gasteiger partial charge in [0.15, 0.2) is 0 Å². The van der Waals surface area contributed by atoms with Gasteiger partial charge < -0.3 is 15.0 Å². The summed E-state index contributed by atoms with van der Waals surface area (Å²) in [6.07, 6.45) is 3.15. The normalized spacial score (nSPS) is 28.8. The number of cyclic esters (lactones) is 1. The molecule has 26 heavy (non-hydrogen) atoms. The summed E-state index contributed by atoms with van der Waals surface area (Å²) in [5, 5.41) is 2.87. The fraction of sp³-hybridized carbons (Fsp3) is 0.619. The lowest BCUT2D eigenvalue weighted by molar-refractivity contribution is -0.142. The molecule has 5 heteroatoms. The number of benzene rings is 1. The molecule has 1 N–H and O–H groups in total. The Balaban J connectivity index is 1.31. The van der Waals surface area contributed by atoms with Crippen molar-refractivity contribution in [2.24, 2.45) is 5.92 Å². The molecule has 1 aromatic carbocycles. The van der Waals surface area contributed by atoms with Crippen LogP contribution >= 0.6 is 0 Å². The number of nitrogens with zero attached hydrogens (tertiary/aromatic N) is 1. The van der Waals surface area contributed by atoms with E-state index in [2.05, 4.69) is 43.4 Å². The number of nitrogens with one attached hydrogen (secondary N) is 1. The maximum Gasteiger partial charge on any atom is 0.407 e. The van der Waals surface area contributed by atoms with Gasteiger partial charge in [0, 0.05) is 19.0 Å². The summed E-state index contributed by atoms with van der Waals surface area (Å²) in [4.78, 5) is 26.0. The molecule has 4 rings (SSSR count). The first-order valence-electron chi connectivity index (χ1n) is 9.79. The molecule has 2 aliphatic heterocycles. The second-order valence-corrected chi connectivity index (χ2v) is 8.51. The molecule has 0 bridgehead atoms. The number of piperidine rings is 1. The molecule has 5 nitrogen and oxygen atoms in total. The molecule has 140 valence electrons. The van der Waals surface area contributed by atoms with Crippen LogP contribution in [0.4, 0.5) is 4.79 Å². The van der Waals surface area contributed by atoms with Crippen molar-refractivity contribution in [3.8, 4) is 0 Å². The van der Waals surface area contributed by atoms with Crippen LogP contribution in [0, 0.1) is 5.92 Å². The lowest BCUT2D eigenvalue weighted by Gasteiger charge is -2.45. The number of amides is 2. The second kappa shape index (κ2) is 6.60. The SMILES string of the molecule is CC(C)c1cccc(C2CCN(C(=O)C3CC4(COC(=O)N4)C3)CC2)c1. The van der Waals surface area contributed by atoms with Crippen LogP contribution < -0.4 is 5.32 Å². The first-order chi connectivity index (χ1) is 12.5. The molecule has 0 unspecified atom stereocenters. The van der Waals surface area contributed by atoms with Crippen LogP contribution in [0.3, 0.4) is 0 Å². The minimum Gasteiger partial charge on any atom is -0.447 e. The molecule has 0 atom stereocenters. The Labute approximate surface area is 155 Å². The van der Waals surface area contributed by atoms with Crippen molar-refractivity contribution < 1.29 is 14.3 Å². The van der Waals surface area contributed by atoms with E-state index in [4.69, 9.17) is 4.74 Å². The third-order valence-electron chi connectivity index (χ3n) is 6.33. The van der Waals surface area contributed by atoms with Crippen LogP contribution in [-0.4, -0.2) is 42.1 Å². The van der Waals surface area contributed by atoms with E-state index in [1.54, 1.807) is 0 Å². The van der Waals surface area contributed by atoms with E-state index in [0.29, 0.717) is 31.3 Å². The second-order valence-electron chi connectivity index (χ2n) is 8.51. The monoisotopic (exact) mass is 356 g/mol. The average molecular weight is 356 g/mol. The zero-order chi connectivity index (χ0) is 18.3. The van der Waals surface area contributed by atoms with Gasteiger partial charge in [-0.05, 0) is 48.6 Å². The maximum atomic E-state index is 12.8. The minimum absolute atomic E-state index is 0.0396. The first-order valence-corrected chi connectivity index (χ1v) is 9.79. The van der Waals surface area contributed by atoms with Crippen LogP contribution in [0.25, 0.3) is 0 Å². The molecular weight excluding hydrogens is 328 g/mol. The fourth-order valence-corrected chi connectivity index (χ4v) is 4.63. The summed E-state index contributed by atoms with van der Waals surface area (Å²) in [7, 11) is 0. The zero-order valence-electron chi connectivity index (χ0n) is 15.7. The van der Waals surface area contributed by atoms with E-state index in [1.807, 2.05) is 4.90 Å². The highest BCUT2D eigenvalue weighted by Gasteiger charge is 2.53. The highest BCUT2D eigenvalue weighted by atomic mass is 16.6. The summed E-state index contributed by atoms with van der Waals surface area (Å²) < 4.78 is 5.00. The summed E-state index contributed by atoms with van der Waals surface area (Å²) in [6, 6.07) is 8.93. The number of ether oxygens (including phenoxy) is 1. The van der Waals surface area contributed by atoms with Gasteiger partial charge in [0.2, 0.25) is 5.91 Å². The number of hydrogen-bond acceptors (Lipinski definition) is 3. The molecule has 1 spiro atoms. The van der Waals surface area contributed by atoms with Crippen molar-refractivity contribution in [3.05, 3.63) is 35.4 Å². The molecule has 3 fully saturated rings. The van der Waals surface area contributed by atoms with Crippen molar-refractivity contribution in [1.82, 2.24) is 10.2 Å². The topological polar surface area (TPSA) is 58.6 Å². The molecule has 2 heterocycles. The number of carbonyl (C=O) groups is 2. The lowest BCUT2D eigenvalue weighted by Crippen LogP contribution is -2.58. The van der Waals surface area contributed by atoms with Gasteiger partial charge in [0.05, 0.1) is 5.54 Å². The Morgan fingerprint density at radius 2 is 2.00 bits per heavy atom. The molecule has 1 aromatic rings. The quantitative estimate of drug-likeness (QED) is 0.903. The standard InChI is InChI=1S/C21H28N2O3/c1-14(2)16-4-3-5-17(10-16)15-6-8-23(9-7-15)19(24)18-11-21(12-18)13-26-20(25)22-21/h3-5,10,14-15,18H,6-9,11-13H2,1-2H3,(H,22,25). The maximum absolute atomic E-state index is 12.8. The molecule has 2 saturated heterocycles. The Morgan fingerprint density at radius 3 is 2.62 bits per heavy atom. The van der Waals surface area contributed by atoms with Crippen molar-refractivity contribution in [3.63, 3.8) is 0 Å². The third-order valence-corrected chi connectivity index (χ3v) is 6.33. The first kappa shape index (κ1) is 17.4. The van der Waals surface area contributed by atoms with E-state index in [1.165, 1.54) is 11.1 Å². The summed E-state index contributed by atoms with van der Waals surface area (Å²) in [6.45, 7) is 6.53. The van der Waals surface area contributed by atoms with Gasteiger partial charge >= 0.3 is 6.09 Å². The summed E-state index contributed by atoms with van der Waals surface area (Å²) in [5.41, 5.74) is 2.53. The number of likely N-dealkylation sites (tertiary alicyclic amines) is 1. The Hall–Kier alpha value is -2.04. The van der Waals surface area contributed by atoms with Gasteiger partial charge in [-0.25, -0.2) is 4.79 Å². The van der Waals surface area contributed by atoms with Crippen molar-refractivity contribution in [1.29, 1.82) is 0 Å². The fourth-order valence-electron chi connectivity index (χ4n) is 4.63. The Morgan fingerprint density at radius 1 is 1.27 bits per heavy atom. The molecule has 2 amide bonds. The van der Waals surface area contributed by atoms with Crippen LogP contribution in [0.2, 0.25) is 0 Å². The van der Waals surface area contributed by atoms with Crippen LogP contribution in [0.1, 0.15) is 62.5 Å². The van der Waals surface area contributed by atoms with E-state index >= 15 is 0 Å². The largest absolute Gasteiger partial charge is 0.447 e. The smallest absolute Gasteiger partial charge is 0.407 e. The van der Waals surface area contributed by atoms with Crippen LogP contribution in [-0.2, 0) is 9.53 Å². The van der Waals surface area contributed by atoms with Crippen LogP contribution in [0.5, 0.6) is 0 Å². The number of alkyl carbamates (subject to hydrolysis) is 1. The summed E-state index contributed by atoms with van der Waals surface area (Å²) in [5.74, 6) is 1.39. The Kier molecular flexibility index (Phi) is 4.41. The Bertz CT molecular complexity index is 701. The van der Waals surface area contributed by atoms with Crippen molar-refractivity contribution in [2.45, 2.75) is 56.9 Å². The highest BCUT2D eigenvalue weighted by Crippen LogP contribution is 2.42. The predicted molar refractivity (Wildman–Crippen MR) is 99.0 cm³/mol. The van der Waals surface area contributed by atoms with Gasteiger partial charge in [0.25, 0.3) is 0 Å². The summed E-state index contributed by atoms with van der Waals surface area (Å²) >= 11 is 0. The van der Waals surface area contributed by atoms with Crippen molar-refractivity contribution >= 4 is 12.0 Å². The third kappa shape index (κ3) is 3.19. The number of carbonyl (C=O) groups excluding carboxylic acids is 2. The molecule has 3 aliphatic rings. The van der Waals surface area contributed by atoms with Gasteiger partial charge in [0.1, 0.15) is 6.61 Å². The van der Waals surface area contributed by atoms with Crippen molar-refractivity contribution in [2.75, 3.05) is 19.7 Å². The molecule has 0 aromatic heterocycles.